The minimum absolute atomic E-state index is 0.0647. The van der Waals surface area contributed by atoms with E-state index >= 15 is 0 Å². The summed E-state index contributed by atoms with van der Waals surface area (Å²) in [6, 6.07) is 0. The molecule has 0 saturated heterocycles. The van der Waals surface area contributed by atoms with Crippen LogP contribution in [0, 0.1) is 17.8 Å². The van der Waals surface area contributed by atoms with Crippen LogP contribution in [0.15, 0.2) is 0 Å². The maximum absolute atomic E-state index is 12.8. The van der Waals surface area contributed by atoms with Crippen molar-refractivity contribution in [3.05, 3.63) is 0 Å². The molecule has 0 aliphatic carbocycles. The van der Waals surface area contributed by atoms with E-state index in [-0.39, 0.29) is 31.1 Å². The Balaban J connectivity index is 4.30. The van der Waals surface area contributed by atoms with E-state index in [9.17, 15) is 14.4 Å². The molecule has 0 aromatic carbocycles. The first-order valence-corrected chi connectivity index (χ1v) is 26.6. The van der Waals surface area contributed by atoms with Gasteiger partial charge in [-0.05, 0) is 37.0 Å². The van der Waals surface area contributed by atoms with Gasteiger partial charge in [-0.15, -0.1) is 0 Å². The number of ether oxygens (including phenoxy) is 3. The van der Waals surface area contributed by atoms with E-state index in [2.05, 4.69) is 41.5 Å². The van der Waals surface area contributed by atoms with Gasteiger partial charge in [0.25, 0.3) is 0 Å². The summed E-state index contributed by atoms with van der Waals surface area (Å²) in [4.78, 5) is 38.0. The summed E-state index contributed by atoms with van der Waals surface area (Å²) in [5.74, 6) is 1.66. The predicted molar refractivity (Wildman–Crippen MR) is 256 cm³/mol. The van der Waals surface area contributed by atoms with Crippen LogP contribution < -0.4 is 0 Å². The summed E-state index contributed by atoms with van der Waals surface area (Å²) in [5, 5.41) is 0. The van der Waals surface area contributed by atoms with Crippen LogP contribution >= 0.6 is 0 Å². The lowest BCUT2D eigenvalue weighted by Crippen LogP contribution is -2.30. The Hall–Kier alpha value is -1.59. The monoisotopic (exact) mass is 849 g/mol. The summed E-state index contributed by atoms with van der Waals surface area (Å²) < 4.78 is 16.8. The van der Waals surface area contributed by atoms with Gasteiger partial charge in [0.2, 0.25) is 0 Å². The third-order valence-electron chi connectivity index (χ3n) is 12.5. The van der Waals surface area contributed by atoms with E-state index in [1.165, 1.54) is 173 Å². The van der Waals surface area contributed by atoms with Gasteiger partial charge in [0, 0.05) is 19.3 Å². The Morgan fingerprint density at radius 2 is 0.583 bits per heavy atom. The van der Waals surface area contributed by atoms with Gasteiger partial charge in [-0.2, -0.15) is 0 Å². The maximum Gasteiger partial charge on any atom is 0.306 e. The van der Waals surface area contributed by atoms with Gasteiger partial charge in [-0.3, -0.25) is 14.4 Å². The van der Waals surface area contributed by atoms with Gasteiger partial charge >= 0.3 is 17.9 Å². The zero-order valence-electron chi connectivity index (χ0n) is 41.3. The molecule has 0 N–H and O–H groups in total. The van der Waals surface area contributed by atoms with Gasteiger partial charge in [0.05, 0.1) is 0 Å². The molecule has 0 aliphatic heterocycles. The van der Waals surface area contributed by atoms with Crippen LogP contribution in [-0.4, -0.2) is 37.2 Å². The Morgan fingerprint density at radius 1 is 0.333 bits per heavy atom. The van der Waals surface area contributed by atoms with Gasteiger partial charge in [0.15, 0.2) is 6.10 Å². The fourth-order valence-corrected chi connectivity index (χ4v) is 8.08. The minimum Gasteiger partial charge on any atom is -0.462 e. The molecule has 0 aromatic rings. The number of unbranched alkanes of at least 4 members (excludes halogenated alkanes) is 29. The normalized spacial score (nSPS) is 12.6. The molecule has 0 rings (SSSR count). The van der Waals surface area contributed by atoms with Gasteiger partial charge in [-0.1, -0.05) is 253 Å². The molecule has 0 radical (unpaired) electrons. The van der Waals surface area contributed by atoms with E-state index in [0.717, 1.165) is 75.5 Å². The summed E-state index contributed by atoms with van der Waals surface area (Å²) in [7, 11) is 0. The Labute approximate surface area is 374 Å². The number of hydrogen-bond donors (Lipinski definition) is 0. The predicted octanol–water partition coefficient (Wildman–Crippen LogP) is 17.2. The maximum atomic E-state index is 12.8. The Morgan fingerprint density at radius 3 is 0.867 bits per heavy atom. The number of rotatable bonds is 47. The standard InChI is InChI=1S/C54H104O6/c1-7-50(6)42-36-30-24-20-21-26-32-38-44-53(56)59-47-51(60-54(57)45-39-33-27-19-15-14-17-23-29-35-41-49(4)5)46-58-52(55)43-37-31-25-18-13-11-9-8-10-12-16-22-28-34-40-48(2)3/h48-51H,7-47H2,1-6H3/t50?,51-/m0/s1. The first kappa shape index (κ1) is 58.4. The second-order valence-corrected chi connectivity index (χ2v) is 19.7. The fourth-order valence-electron chi connectivity index (χ4n) is 8.08. The van der Waals surface area contributed by atoms with Gasteiger partial charge in [-0.25, -0.2) is 0 Å². The highest BCUT2D eigenvalue weighted by molar-refractivity contribution is 5.71. The van der Waals surface area contributed by atoms with E-state index in [4.69, 9.17) is 14.2 Å². The van der Waals surface area contributed by atoms with Crippen LogP contribution in [0.2, 0.25) is 0 Å². The number of esters is 3. The third kappa shape index (κ3) is 45.9. The van der Waals surface area contributed by atoms with Gasteiger partial charge < -0.3 is 14.2 Å². The van der Waals surface area contributed by atoms with Crippen molar-refractivity contribution in [2.75, 3.05) is 13.2 Å². The van der Waals surface area contributed by atoms with Crippen LogP contribution in [0.3, 0.4) is 0 Å². The molecule has 0 heterocycles. The topological polar surface area (TPSA) is 78.9 Å². The number of carbonyl (C=O) groups is 3. The summed E-state index contributed by atoms with van der Waals surface area (Å²) in [6.45, 7) is 13.7. The Bertz CT molecular complexity index is 931. The molecule has 0 aliphatic rings. The van der Waals surface area contributed by atoms with E-state index in [1.807, 2.05) is 0 Å². The Kier molecular flexibility index (Phi) is 44.2. The second kappa shape index (κ2) is 45.4. The molecule has 0 fully saturated rings. The van der Waals surface area contributed by atoms with Crippen molar-refractivity contribution in [2.45, 2.75) is 298 Å². The third-order valence-corrected chi connectivity index (χ3v) is 12.5. The lowest BCUT2D eigenvalue weighted by molar-refractivity contribution is -0.167. The number of hydrogen-bond acceptors (Lipinski definition) is 6. The molecule has 0 bridgehead atoms. The average molecular weight is 849 g/mol. The molecule has 0 spiro atoms. The van der Waals surface area contributed by atoms with Crippen LogP contribution in [0.5, 0.6) is 0 Å². The molecule has 1 unspecified atom stereocenters. The van der Waals surface area contributed by atoms with Crippen LogP contribution in [0.25, 0.3) is 0 Å². The molecule has 6 heteroatoms. The molecular weight excluding hydrogens is 745 g/mol. The lowest BCUT2D eigenvalue weighted by atomic mass is 9.99. The zero-order valence-corrected chi connectivity index (χ0v) is 41.3. The molecule has 6 nitrogen and oxygen atoms in total. The van der Waals surface area contributed by atoms with Crippen molar-refractivity contribution < 1.29 is 28.6 Å². The summed E-state index contributed by atoms with van der Waals surface area (Å²) >= 11 is 0. The zero-order chi connectivity index (χ0) is 44.2. The number of carbonyl (C=O) groups excluding carboxylic acids is 3. The molecule has 0 aromatic heterocycles. The van der Waals surface area contributed by atoms with Crippen molar-refractivity contribution >= 4 is 17.9 Å². The smallest absolute Gasteiger partial charge is 0.306 e. The molecule has 2 atom stereocenters. The van der Waals surface area contributed by atoms with Crippen molar-refractivity contribution in [3.63, 3.8) is 0 Å². The molecule has 356 valence electrons. The van der Waals surface area contributed by atoms with Crippen molar-refractivity contribution in [1.82, 2.24) is 0 Å². The minimum atomic E-state index is -0.763. The highest BCUT2D eigenvalue weighted by atomic mass is 16.6. The van der Waals surface area contributed by atoms with Crippen LogP contribution in [0.1, 0.15) is 292 Å². The highest BCUT2D eigenvalue weighted by Gasteiger charge is 2.19. The van der Waals surface area contributed by atoms with Crippen molar-refractivity contribution in [2.24, 2.45) is 17.8 Å². The molecular formula is C54H104O6. The summed E-state index contributed by atoms with van der Waals surface area (Å²) in [6.07, 6.45) is 45.1. The van der Waals surface area contributed by atoms with Crippen molar-refractivity contribution in [3.8, 4) is 0 Å². The van der Waals surface area contributed by atoms with E-state index in [1.54, 1.807) is 0 Å². The van der Waals surface area contributed by atoms with E-state index in [0.29, 0.717) is 19.3 Å². The molecule has 60 heavy (non-hydrogen) atoms. The van der Waals surface area contributed by atoms with E-state index < -0.39 is 6.10 Å². The lowest BCUT2D eigenvalue weighted by Gasteiger charge is -2.18. The molecule has 0 amide bonds. The SMILES string of the molecule is CCC(C)CCCCCCCCCCC(=O)OC[C@H](COC(=O)CCCCCCCCCCCCCCCCC(C)C)OC(=O)CCCCCCCCCCCCC(C)C. The quantitative estimate of drug-likeness (QED) is 0.0345. The average Bonchev–Trinajstić information content (AvgIpc) is 3.22. The van der Waals surface area contributed by atoms with Crippen LogP contribution in [0.4, 0.5) is 0 Å². The largest absolute Gasteiger partial charge is 0.462 e. The highest BCUT2D eigenvalue weighted by Crippen LogP contribution is 2.18. The first-order valence-electron chi connectivity index (χ1n) is 26.6. The van der Waals surface area contributed by atoms with Crippen LogP contribution in [-0.2, 0) is 28.6 Å². The second-order valence-electron chi connectivity index (χ2n) is 19.7. The van der Waals surface area contributed by atoms with Crippen molar-refractivity contribution in [1.29, 1.82) is 0 Å². The molecule has 0 saturated carbocycles. The fraction of sp³-hybridized carbons (Fsp3) is 0.944. The van der Waals surface area contributed by atoms with Gasteiger partial charge in [0.1, 0.15) is 13.2 Å². The first-order chi connectivity index (χ1) is 29.1. The summed E-state index contributed by atoms with van der Waals surface area (Å²) in [5.41, 5.74) is 0.